The molecule has 4 rings (SSSR count). The monoisotopic (exact) mass is 252 g/mol. The first-order valence-corrected chi connectivity index (χ1v) is 6.49. The van der Waals surface area contributed by atoms with Gasteiger partial charge in [-0.1, -0.05) is 18.2 Å². The van der Waals surface area contributed by atoms with Gasteiger partial charge in [-0.25, -0.2) is 4.98 Å². The maximum atomic E-state index is 12.0. The highest BCUT2D eigenvalue weighted by molar-refractivity contribution is 7.25. The zero-order chi connectivity index (χ0) is 12.1. The van der Waals surface area contributed by atoms with E-state index in [1.807, 2.05) is 18.2 Å². The quantitative estimate of drug-likeness (QED) is 0.617. The van der Waals surface area contributed by atoms with E-state index < -0.39 is 0 Å². The molecule has 4 heteroatoms. The minimum atomic E-state index is -0.144. The van der Waals surface area contributed by atoms with Crippen LogP contribution in [0.15, 0.2) is 40.2 Å². The number of fused-ring (bicyclic) bond motifs is 5. The standard InChI is InChI=1S/C14H8N2OS/c17-14-13-12(9-3-1-2-4-11(9)18-13)10-7-15-5-8(10)6-16-14/h1-6H,7H2. The number of hydrogen-bond donors (Lipinski definition) is 0. The van der Waals surface area contributed by atoms with Gasteiger partial charge in [-0.3, -0.25) is 9.79 Å². The van der Waals surface area contributed by atoms with Crippen LogP contribution in [-0.2, 0) is 6.54 Å². The molecular weight excluding hydrogens is 244 g/mol. The van der Waals surface area contributed by atoms with Crippen molar-refractivity contribution in [2.45, 2.75) is 6.54 Å². The van der Waals surface area contributed by atoms with Crippen LogP contribution in [0.3, 0.4) is 0 Å². The minimum Gasteiger partial charge on any atom is -0.288 e. The molecule has 0 unspecified atom stereocenters. The van der Waals surface area contributed by atoms with Crippen molar-refractivity contribution in [1.29, 1.82) is 0 Å². The summed E-state index contributed by atoms with van der Waals surface area (Å²) in [6.07, 6.45) is 3.43. The lowest BCUT2D eigenvalue weighted by Crippen LogP contribution is -1.98. The summed E-state index contributed by atoms with van der Waals surface area (Å²) in [6, 6.07) is 8.10. The van der Waals surface area contributed by atoms with Gasteiger partial charge in [-0.15, -0.1) is 11.3 Å². The van der Waals surface area contributed by atoms with Gasteiger partial charge in [-0.05, 0) is 11.6 Å². The predicted octanol–water partition coefficient (Wildman–Crippen LogP) is 2.74. The third-order valence-corrected chi connectivity index (χ3v) is 4.40. The van der Waals surface area contributed by atoms with Crippen LogP contribution in [0.1, 0.15) is 11.1 Å². The van der Waals surface area contributed by atoms with Crippen LogP contribution in [0.2, 0.25) is 0 Å². The summed E-state index contributed by atoms with van der Waals surface area (Å²) in [5, 5.41) is 2.17. The van der Waals surface area contributed by atoms with Gasteiger partial charge in [0, 0.05) is 33.4 Å². The highest BCUT2D eigenvalue weighted by Crippen LogP contribution is 2.35. The molecule has 1 aromatic carbocycles. The molecule has 0 aliphatic carbocycles. The molecule has 0 fully saturated rings. The number of hydrogen-bond acceptors (Lipinski definition) is 4. The zero-order valence-electron chi connectivity index (χ0n) is 9.38. The average molecular weight is 252 g/mol. The molecule has 2 aromatic heterocycles. The first-order chi connectivity index (χ1) is 8.84. The molecule has 3 heterocycles. The Balaban J connectivity index is 2.38. The van der Waals surface area contributed by atoms with E-state index in [1.165, 1.54) is 11.3 Å². The highest BCUT2D eigenvalue weighted by atomic mass is 32.1. The third kappa shape index (κ3) is 1.21. The summed E-state index contributed by atoms with van der Waals surface area (Å²) < 4.78 is 1.87. The Hall–Kier alpha value is -2.07. The van der Waals surface area contributed by atoms with Gasteiger partial charge in [0.05, 0.1) is 6.54 Å². The van der Waals surface area contributed by atoms with Crippen LogP contribution in [0.5, 0.6) is 0 Å². The average Bonchev–Trinajstić information content (AvgIpc) is 2.96. The number of thiophene rings is 1. The van der Waals surface area contributed by atoms with Crippen LogP contribution in [0, 0.1) is 0 Å². The minimum absolute atomic E-state index is 0.144. The van der Waals surface area contributed by atoms with Gasteiger partial charge in [0.25, 0.3) is 5.56 Å². The lowest BCUT2D eigenvalue weighted by molar-refractivity contribution is 1.13. The van der Waals surface area contributed by atoms with E-state index in [1.54, 1.807) is 12.4 Å². The molecule has 0 bridgehead atoms. The van der Waals surface area contributed by atoms with Crippen molar-refractivity contribution in [2.24, 2.45) is 4.99 Å². The van der Waals surface area contributed by atoms with Crippen molar-refractivity contribution >= 4 is 37.7 Å². The van der Waals surface area contributed by atoms with Crippen LogP contribution in [0.25, 0.3) is 20.2 Å². The molecule has 0 saturated carbocycles. The number of aliphatic imine (C=N–C) groups is 1. The summed E-state index contributed by atoms with van der Waals surface area (Å²) in [4.78, 5) is 20.3. The molecule has 0 saturated heterocycles. The second-order valence-corrected chi connectivity index (χ2v) is 5.32. The second-order valence-electron chi connectivity index (χ2n) is 4.27. The molecule has 1 aliphatic heterocycles. The molecule has 0 N–H and O–H groups in total. The molecule has 1 aliphatic rings. The van der Waals surface area contributed by atoms with E-state index in [4.69, 9.17) is 0 Å². The largest absolute Gasteiger partial charge is 0.288 e. The molecule has 3 aromatic rings. The molecule has 3 nitrogen and oxygen atoms in total. The summed E-state index contributed by atoms with van der Waals surface area (Å²) in [5.41, 5.74) is 1.94. The molecule has 86 valence electrons. The van der Waals surface area contributed by atoms with E-state index in [0.29, 0.717) is 6.54 Å². The molecule has 18 heavy (non-hydrogen) atoms. The number of rotatable bonds is 0. The normalized spacial score (nSPS) is 13.3. The molecule has 0 spiro atoms. The van der Waals surface area contributed by atoms with Crippen LogP contribution >= 0.6 is 11.3 Å². The maximum absolute atomic E-state index is 12.0. The van der Waals surface area contributed by atoms with Crippen molar-refractivity contribution in [3.63, 3.8) is 0 Å². The van der Waals surface area contributed by atoms with Crippen molar-refractivity contribution in [3.8, 4) is 0 Å². The SMILES string of the molecule is O=c1ncc2c(c3c1sc1ccccc13)CN=C2. The first-order valence-electron chi connectivity index (χ1n) is 5.68. The van der Waals surface area contributed by atoms with Crippen LogP contribution in [-0.4, -0.2) is 11.2 Å². The molecule has 0 radical (unpaired) electrons. The Labute approximate surface area is 106 Å². The Kier molecular flexibility index (Phi) is 1.91. The topological polar surface area (TPSA) is 42.3 Å². The molecular formula is C14H8N2OS. The third-order valence-electron chi connectivity index (χ3n) is 3.24. The predicted molar refractivity (Wildman–Crippen MR) is 74.7 cm³/mol. The Bertz CT molecular complexity index is 880. The number of nitrogens with zero attached hydrogens (tertiary/aromatic N) is 2. The fourth-order valence-electron chi connectivity index (χ4n) is 2.42. The maximum Gasteiger partial charge on any atom is 0.287 e. The Morgan fingerprint density at radius 2 is 2.11 bits per heavy atom. The number of benzene rings is 1. The van der Waals surface area contributed by atoms with E-state index >= 15 is 0 Å². The number of aromatic nitrogens is 1. The smallest absolute Gasteiger partial charge is 0.287 e. The van der Waals surface area contributed by atoms with Crippen LogP contribution < -0.4 is 5.56 Å². The van der Waals surface area contributed by atoms with Crippen molar-refractivity contribution < 1.29 is 0 Å². The van der Waals surface area contributed by atoms with E-state index in [9.17, 15) is 4.79 Å². The fourth-order valence-corrected chi connectivity index (χ4v) is 3.54. The van der Waals surface area contributed by atoms with Crippen LogP contribution in [0.4, 0.5) is 0 Å². The summed E-state index contributed by atoms with van der Waals surface area (Å²) >= 11 is 1.52. The van der Waals surface area contributed by atoms with Gasteiger partial charge in [0.1, 0.15) is 4.70 Å². The van der Waals surface area contributed by atoms with Gasteiger partial charge < -0.3 is 0 Å². The summed E-state index contributed by atoms with van der Waals surface area (Å²) in [7, 11) is 0. The Morgan fingerprint density at radius 1 is 1.22 bits per heavy atom. The van der Waals surface area contributed by atoms with Crippen molar-refractivity contribution in [2.75, 3.05) is 0 Å². The second kappa shape index (κ2) is 3.46. The lowest BCUT2D eigenvalue weighted by atomic mass is 10.1. The zero-order valence-corrected chi connectivity index (χ0v) is 10.2. The van der Waals surface area contributed by atoms with Gasteiger partial charge in [-0.2, -0.15) is 0 Å². The van der Waals surface area contributed by atoms with Gasteiger partial charge >= 0.3 is 0 Å². The first kappa shape index (κ1) is 9.91. The molecule has 0 amide bonds. The highest BCUT2D eigenvalue weighted by Gasteiger charge is 2.16. The Morgan fingerprint density at radius 3 is 3.06 bits per heavy atom. The van der Waals surface area contributed by atoms with Crippen molar-refractivity contribution in [3.05, 3.63) is 51.9 Å². The van der Waals surface area contributed by atoms with Gasteiger partial charge in [0.2, 0.25) is 0 Å². The lowest BCUT2D eigenvalue weighted by Gasteiger charge is -1.94. The van der Waals surface area contributed by atoms with Gasteiger partial charge in [0.15, 0.2) is 0 Å². The molecule has 0 atom stereocenters. The summed E-state index contributed by atoms with van der Waals surface area (Å²) in [5.74, 6) is 0. The fraction of sp³-hybridized carbons (Fsp3) is 0.0714. The van der Waals surface area contributed by atoms with Crippen molar-refractivity contribution in [1.82, 2.24) is 4.98 Å². The van der Waals surface area contributed by atoms with E-state index in [0.717, 1.165) is 31.3 Å². The van der Waals surface area contributed by atoms with E-state index in [2.05, 4.69) is 16.0 Å². The van der Waals surface area contributed by atoms with E-state index in [-0.39, 0.29) is 5.56 Å². The summed E-state index contributed by atoms with van der Waals surface area (Å²) in [6.45, 7) is 0.641.